The van der Waals surface area contributed by atoms with E-state index in [4.69, 9.17) is 14.3 Å². The Bertz CT molecular complexity index is 1070. The fraction of sp³-hybridized carbons (Fsp3) is 0.848. The summed E-state index contributed by atoms with van der Waals surface area (Å²) in [7, 11) is 0. The molecule has 4 aliphatic carbocycles. The first-order valence-corrected chi connectivity index (χ1v) is 17.3. The number of rotatable bonds is 16. The Balaban J connectivity index is 1.03. The highest BCUT2D eigenvalue weighted by Crippen LogP contribution is 2.33. The molecule has 47 heavy (non-hydrogen) atoms. The van der Waals surface area contributed by atoms with Gasteiger partial charge in [-0.2, -0.15) is 5.48 Å². The van der Waals surface area contributed by atoms with E-state index < -0.39 is 59.6 Å². The summed E-state index contributed by atoms with van der Waals surface area (Å²) in [6.07, 6.45) is 9.07. The molecule has 6 N–H and O–H groups in total. The zero-order chi connectivity index (χ0) is 33.9. The summed E-state index contributed by atoms with van der Waals surface area (Å²) in [6.45, 7) is 1.61. The molecule has 0 aliphatic heterocycles. The lowest BCUT2D eigenvalue weighted by Gasteiger charge is -2.35. The maximum absolute atomic E-state index is 12.9. The van der Waals surface area contributed by atoms with Gasteiger partial charge in [-0.3, -0.25) is 24.0 Å². The van der Waals surface area contributed by atoms with Gasteiger partial charge in [-0.05, 0) is 102 Å². The minimum absolute atomic E-state index is 0.0651. The average molecular weight is 669 g/mol. The van der Waals surface area contributed by atoms with Crippen LogP contribution in [0.3, 0.4) is 0 Å². The third-order valence-corrected chi connectivity index (χ3v) is 10.7. The first-order chi connectivity index (χ1) is 22.5. The Morgan fingerprint density at radius 2 is 1.02 bits per heavy atom. The molecule has 266 valence electrons. The van der Waals surface area contributed by atoms with Crippen molar-refractivity contribution in [3.63, 3.8) is 0 Å². The predicted octanol–water partition coefficient (Wildman–Crippen LogP) is 3.07. The van der Waals surface area contributed by atoms with E-state index in [1.165, 1.54) is 0 Å². The molecule has 6 unspecified atom stereocenters. The number of amides is 1. The number of carbonyl (C=O) groups excluding carboxylic acids is 1. The number of carboxylic acid groups (broad SMARTS) is 4. The van der Waals surface area contributed by atoms with Gasteiger partial charge >= 0.3 is 23.9 Å². The number of ether oxygens (including phenoxy) is 2. The first kappa shape index (κ1) is 37.0. The van der Waals surface area contributed by atoms with Crippen LogP contribution in [0.15, 0.2) is 0 Å². The lowest BCUT2D eigenvalue weighted by atomic mass is 9.77. The van der Waals surface area contributed by atoms with Crippen molar-refractivity contribution in [2.24, 2.45) is 35.5 Å². The fourth-order valence-electron chi connectivity index (χ4n) is 7.76. The molecule has 0 aromatic heterocycles. The van der Waals surface area contributed by atoms with Gasteiger partial charge in [-0.1, -0.05) is 0 Å². The monoisotopic (exact) mass is 668 g/mol. The highest BCUT2D eigenvalue weighted by molar-refractivity contribution is 5.81. The molecular weight excluding hydrogens is 616 g/mol. The maximum atomic E-state index is 12.9. The number of nitrogens with one attached hydrogen (secondary N) is 2. The molecule has 1 amide bonds. The van der Waals surface area contributed by atoms with Crippen molar-refractivity contribution < 1.29 is 58.7 Å². The van der Waals surface area contributed by atoms with Crippen molar-refractivity contribution in [3.05, 3.63) is 0 Å². The van der Waals surface area contributed by atoms with Crippen LogP contribution in [0.25, 0.3) is 0 Å². The number of hydroxylamine groups is 1. The number of hydrogen-bond acceptors (Lipinski definition) is 9. The van der Waals surface area contributed by atoms with Crippen molar-refractivity contribution in [3.8, 4) is 0 Å². The largest absolute Gasteiger partial charge is 0.481 e. The molecule has 6 atom stereocenters. The molecule has 0 aromatic carbocycles. The highest BCUT2D eigenvalue weighted by atomic mass is 16.6. The van der Waals surface area contributed by atoms with E-state index in [2.05, 4.69) is 10.8 Å². The quantitative estimate of drug-likeness (QED) is 0.103. The van der Waals surface area contributed by atoms with Crippen LogP contribution in [-0.2, 0) is 38.3 Å². The van der Waals surface area contributed by atoms with Gasteiger partial charge in [0.2, 0.25) is 5.91 Å². The molecule has 4 fully saturated rings. The van der Waals surface area contributed by atoms with E-state index in [0.717, 1.165) is 44.9 Å². The van der Waals surface area contributed by atoms with Gasteiger partial charge in [0.25, 0.3) is 0 Å². The first-order valence-electron chi connectivity index (χ1n) is 17.3. The average Bonchev–Trinajstić information content (AvgIpc) is 3.05. The van der Waals surface area contributed by atoms with Gasteiger partial charge in [-0.25, -0.2) is 0 Å². The van der Waals surface area contributed by atoms with E-state index >= 15 is 0 Å². The van der Waals surface area contributed by atoms with Gasteiger partial charge < -0.3 is 40.1 Å². The highest BCUT2D eigenvalue weighted by Gasteiger charge is 2.40. The van der Waals surface area contributed by atoms with Crippen LogP contribution in [0.2, 0.25) is 0 Å². The zero-order valence-electron chi connectivity index (χ0n) is 27.1. The fourth-order valence-corrected chi connectivity index (χ4v) is 7.76. The lowest BCUT2D eigenvalue weighted by Crippen LogP contribution is -2.50. The van der Waals surface area contributed by atoms with Crippen LogP contribution >= 0.6 is 0 Å². The number of carboxylic acids is 4. The zero-order valence-corrected chi connectivity index (χ0v) is 27.1. The second-order valence-electron chi connectivity index (χ2n) is 13.9. The van der Waals surface area contributed by atoms with Crippen molar-refractivity contribution in [1.82, 2.24) is 10.8 Å². The van der Waals surface area contributed by atoms with Gasteiger partial charge in [0.15, 0.2) is 0 Å². The molecule has 0 aromatic rings. The lowest BCUT2D eigenvalue weighted by molar-refractivity contribution is -0.152. The summed E-state index contributed by atoms with van der Waals surface area (Å²) in [5.41, 5.74) is 2.86. The maximum Gasteiger partial charge on any atom is 0.308 e. The van der Waals surface area contributed by atoms with Gasteiger partial charge in [0.05, 0.1) is 42.5 Å². The van der Waals surface area contributed by atoms with Crippen LogP contribution < -0.4 is 10.8 Å². The van der Waals surface area contributed by atoms with Crippen LogP contribution in [-0.4, -0.2) is 94.3 Å². The molecule has 0 heterocycles. The van der Waals surface area contributed by atoms with E-state index in [9.17, 15) is 44.4 Å². The Kier molecular flexibility index (Phi) is 14.2. The Hall–Kier alpha value is -2.81. The van der Waals surface area contributed by atoms with Gasteiger partial charge in [0, 0.05) is 31.2 Å². The number of carbonyl (C=O) groups is 5. The normalized spacial score (nSPS) is 34.6. The van der Waals surface area contributed by atoms with Gasteiger partial charge in [-0.15, -0.1) is 0 Å². The molecule has 14 nitrogen and oxygen atoms in total. The topological polar surface area (TPSA) is 218 Å². The third-order valence-electron chi connectivity index (χ3n) is 10.7. The number of hydrogen-bond donors (Lipinski definition) is 6. The van der Waals surface area contributed by atoms with E-state index in [0.29, 0.717) is 57.8 Å². The summed E-state index contributed by atoms with van der Waals surface area (Å²) < 4.78 is 12.1. The van der Waals surface area contributed by atoms with Crippen molar-refractivity contribution in [2.45, 2.75) is 121 Å². The summed E-state index contributed by atoms with van der Waals surface area (Å²) in [4.78, 5) is 64.6. The molecular formula is C33H52N2O12. The molecule has 0 saturated heterocycles. The predicted molar refractivity (Wildman–Crippen MR) is 165 cm³/mol. The minimum Gasteiger partial charge on any atom is -0.481 e. The molecule has 14 heteroatoms. The van der Waals surface area contributed by atoms with E-state index in [-0.39, 0.29) is 43.3 Å². The number of aliphatic carboxylic acids is 4. The Morgan fingerprint density at radius 1 is 0.553 bits per heavy atom. The Labute approximate surface area is 275 Å². The van der Waals surface area contributed by atoms with E-state index in [1.807, 2.05) is 0 Å². The van der Waals surface area contributed by atoms with Crippen LogP contribution in [0.5, 0.6) is 0 Å². The van der Waals surface area contributed by atoms with Crippen LogP contribution in [0, 0.1) is 35.5 Å². The second-order valence-corrected chi connectivity index (χ2v) is 13.9. The molecule has 4 saturated carbocycles. The third kappa shape index (κ3) is 11.1. The molecule has 0 radical (unpaired) electrons. The SMILES string of the molecule is O=C(O)C1CCC(C(=O)O)C(NOCC2CCC(OCCCOC3CCC(C(=O)NC4CC(C(=O)O)CCC4C(=O)O)CC3)CC2)C1. The van der Waals surface area contributed by atoms with Crippen molar-refractivity contribution >= 4 is 29.8 Å². The Morgan fingerprint density at radius 3 is 1.53 bits per heavy atom. The second kappa shape index (κ2) is 18.1. The van der Waals surface area contributed by atoms with E-state index in [1.54, 1.807) is 0 Å². The summed E-state index contributed by atoms with van der Waals surface area (Å²) in [5.74, 6) is -6.49. The minimum atomic E-state index is -1.00. The molecule has 4 aliphatic rings. The summed E-state index contributed by atoms with van der Waals surface area (Å²) in [5, 5.41) is 40.6. The summed E-state index contributed by atoms with van der Waals surface area (Å²) in [6, 6.07) is -1.19. The van der Waals surface area contributed by atoms with Crippen molar-refractivity contribution in [2.75, 3.05) is 19.8 Å². The molecule has 0 bridgehead atoms. The van der Waals surface area contributed by atoms with Crippen molar-refractivity contribution in [1.29, 1.82) is 0 Å². The smallest absolute Gasteiger partial charge is 0.308 e. The molecule has 0 spiro atoms. The van der Waals surface area contributed by atoms with Crippen LogP contribution in [0.4, 0.5) is 0 Å². The summed E-state index contributed by atoms with van der Waals surface area (Å²) >= 11 is 0. The standard InChI is InChI=1S/C33H52N2O12/c36-29(34-27-16-21(30(37)38)6-12-25(27)32(41)42)20-4-10-24(11-5-20)46-15-1-14-45-23-8-2-19(3-9-23)18-47-35-28-17-22(31(39)40)7-13-26(28)33(43)44/h19-28,35H,1-18H2,(H,34,36)(H,37,38)(H,39,40)(H,41,42)(H,43,44). The van der Waals surface area contributed by atoms with Gasteiger partial charge in [0.1, 0.15) is 0 Å². The molecule has 4 rings (SSSR count). The van der Waals surface area contributed by atoms with Crippen LogP contribution in [0.1, 0.15) is 96.3 Å².